The zero-order chi connectivity index (χ0) is 61.2. The molecule has 0 aromatic carbocycles. The van der Waals surface area contributed by atoms with Crippen LogP contribution in [0.2, 0.25) is 0 Å². The first kappa shape index (κ1) is 80.1. The molecule has 84 heavy (non-hydrogen) atoms. The van der Waals surface area contributed by atoms with E-state index in [-0.39, 0.29) is 12.5 Å². The summed E-state index contributed by atoms with van der Waals surface area (Å²) in [5.74, 6) is -0.223. The number of phosphoric acid groups is 1. The van der Waals surface area contributed by atoms with Crippen LogP contribution in [0, 0.1) is 0 Å². The number of nitrogens with zero attached hydrogens (tertiary/aromatic N) is 1. The normalized spacial score (nSPS) is 14.7. The summed E-state index contributed by atoms with van der Waals surface area (Å²) in [5, 5.41) is 13.9. The predicted octanol–water partition coefficient (Wildman–Crippen LogP) is 21.1. The van der Waals surface area contributed by atoms with Crippen LogP contribution in [0.5, 0.6) is 0 Å². The van der Waals surface area contributed by atoms with Crippen molar-refractivity contribution in [2.45, 2.75) is 270 Å². The third kappa shape index (κ3) is 65.7. The Hall–Kier alpha value is -3.88. The molecule has 8 nitrogen and oxygen atoms in total. The van der Waals surface area contributed by atoms with Crippen LogP contribution >= 0.6 is 7.82 Å². The highest BCUT2D eigenvalue weighted by Crippen LogP contribution is 2.38. The first-order valence-corrected chi connectivity index (χ1v) is 35.3. The Morgan fingerprint density at radius 2 is 0.738 bits per heavy atom. The Balaban J connectivity index is 4.20. The minimum absolute atomic E-state index is 0.0164. The Morgan fingerprint density at radius 1 is 0.429 bits per heavy atom. The van der Waals surface area contributed by atoms with Gasteiger partial charge in [-0.1, -0.05) is 294 Å². The Labute approximate surface area is 518 Å². The van der Waals surface area contributed by atoms with E-state index in [1.54, 1.807) is 6.08 Å². The number of carbonyl (C=O) groups excluding carboxylic acids is 1. The molecular formula is C75H127N2O6P. The van der Waals surface area contributed by atoms with Crippen molar-refractivity contribution in [2.24, 2.45) is 0 Å². The number of likely N-dealkylation sites (N-methyl/N-ethyl adjacent to an activating group) is 1. The van der Waals surface area contributed by atoms with E-state index >= 15 is 0 Å². The number of quaternary nitrogens is 1. The summed E-state index contributed by atoms with van der Waals surface area (Å²) >= 11 is 0. The standard InChI is InChI=1S/C75H127N2O6P/c1-6-8-10-12-14-16-18-20-22-24-26-28-29-30-31-32-33-34-35-36-37-38-39-40-41-42-43-44-45-46-47-49-51-53-55-57-59-61-63-65-67-69-75(79)76-73(72-83-84(80,81)82-71-70-77(3,4)5)74(78)68-66-64-62-60-58-56-54-52-50-48-27-25-23-21-19-17-15-13-11-9-7-2/h8,10,14,16,20,22,26,28,30-31,33-34,36-37,39-40,42-43,45-46,49,51,58,60,66,68,73-74,78H,6-7,9,11-13,15,17-19,21,23-25,27,29,32,35,38,41,44,47-48,50,52-57,59,61-65,67,69-72H2,1-5H3,(H-,76,79,80,81)/b10-8-,16-14-,22-20-,28-26-,31-30-,34-33-,37-36-,40-39-,43-42-,46-45-,51-49-,60-58+,68-66+. The molecule has 0 saturated heterocycles. The minimum atomic E-state index is -4.62. The van der Waals surface area contributed by atoms with Crippen LogP contribution in [-0.2, 0) is 18.4 Å². The van der Waals surface area contributed by atoms with Gasteiger partial charge < -0.3 is 28.8 Å². The minimum Gasteiger partial charge on any atom is -0.756 e. The second-order valence-corrected chi connectivity index (χ2v) is 24.8. The topological polar surface area (TPSA) is 108 Å². The fourth-order valence-corrected chi connectivity index (χ4v) is 9.72. The molecule has 0 aromatic rings. The summed E-state index contributed by atoms with van der Waals surface area (Å²) in [6.45, 7) is 4.50. The number of carbonyl (C=O) groups is 1. The van der Waals surface area contributed by atoms with E-state index in [1.165, 1.54) is 116 Å². The molecule has 0 radical (unpaired) electrons. The molecule has 0 aromatic heterocycles. The molecule has 0 heterocycles. The average Bonchev–Trinajstić information content (AvgIpc) is 3.56. The summed E-state index contributed by atoms with van der Waals surface area (Å²) in [7, 11) is 1.22. The highest BCUT2D eigenvalue weighted by atomic mass is 31.2. The number of aliphatic hydroxyl groups is 1. The van der Waals surface area contributed by atoms with Crippen molar-refractivity contribution < 1.29 is 32.9 Å². The van der Waals surface area contributed by atoms with Crippen LogP contribution in [0.4, 0.5) is 0 Å². The molecule has 0 aliphatic rings. The number of nitrogens with one attached hydrogen (secondary N) is 1. The summed E-state index contributed by atoms with van der Waals surface area (Å²) < 4.78 is 23.4. The van der Waals surface area contributed by atoms with Crippen molar-refractivity contribution in [3.63, 3.8) is 0 Å². The molecule has 2 N–H and O–H groups in total. The van der Waals surface area contributed by atoms with Gasteiger partial charge in [-0.15, -0.1) is 0 Å². The number of hydrogen-bond acceptors (Lipinski definition) is 6. The first-order valence-electron chi connectivity index (χ1n) is 33.8. The maximum Gasteiger partial charge on any atom is 0.268 e. The maximum atomic E-state index is 13.0. The highest BCUT2D eigenvalue weighted by Gasteiger charge is 2.23. The van der Waals surface area contributed by atoms with Gasteiger partial charge in [-0.2, -0.15) is 0 Å². The number of allylic oxidation sites excluding steroid dienone is 25. The lowest BCUT2D eigenvalue weighted by molar-refractivity contribution is -0.870. The fourth-order valence-electron chi connectivity index (χ4n) is 9.00. The van der Waals surface area contributed by atoms with E-state index in [0.29, 0.717) is 17.4 Å². The van der Waals surface area contributed by atoms with Crippen molar-refractivity contribution in [3.05, 3.63) is 158 Å². The van der Waals surface area contributed by atoms with Gasteiger partial charge in [0, 0.05) is 6.42 Å². The number of hydrogen-bond donors (Lipinski definition) is 2. The van der Waals surface area contributed by atoms with Gasteiger partial charge in [0.2, 0.25) is 5.91 Å². The average molecular weight is 1180 g/mol. The zero-order valence-electron chi connectivity index (χ0n) is 54.5. The van der Waals surface area contributed by atoms with Crippen LogP contribution in [0.1, 0.15) is 258 Å². The molecule has 0 spiro atoms. The number of rotatable bonds is 60. The quantitative estimate of drug-likeness (QED) is 0.0272. The van der Waals surface area contributed by atoms with Crippen LogP contribution in [0.25, 0.3) is 0 Å². The molecule has 0 rings (SSSR count). The maximum absolute atomic E-state index is 13.0. The molecule has 1 amide bonds. The van der Waals surface area contributed by atoms with Crippen LogP contribution < -0.4 is 10.2 Å². The molecule has 3 atom stereocenters. The van der Waals surface area contributed by atoms with Crippen LogP contribution in [0.15, 0.2) is 158 Å². The molecule has 0 fully saturated rings. The lowest BCUT2D eigenvalue weighted by Crippen LogP contribution is -2.45. The number of amides is 1. The van der Waals surface area contributed by atoms with E-state index < -0.39 is 26.6 Å². The third-order valence-electron chi connectivity index (χ3n) is 14.2. The molecule has 0 bridgehead atoms. The van der Waals surface area contributed by atoms with E-state index in [4.69, 9.17) is 9.05 Å². The van der Waals surface area contributed by atoms with Crippen LogP contribution in [-0.4, -0.2) is 68.5 Å². The lowest BCUT2D eigenvalue weighted by atomic mass is 10.0. The predicted molar refractivity (Wildman–Crippen MR) is 366 cm³/mol. The molecular weight excluding hydrogens is 1060 g/mol. The number of unbranched alkanes of at least 4 members (excludes halogenated alkanes) is 23. The van der Waals surface area contributed by atoms with Gasteiger partial charge in [0.15, 0.2) is 0 Å². The summed E-state index contributed by atoms with van der Waals surface area (Å²) in [4.78, 5) is 25.6. The largest absolute Gasteiger partial charge is 0.756 e. The third-order valence-corrected chi connectivity index (χ3v) is 15.2. The van der Waals surface area contributed by atoms with E-state index in [0.717, 1.165) is 122 Å². The summed E-state index contributed by atoms with van der Waals surface area (Å²) in [5.41, 5.74) is 0. The van der Waals surface area contributed by atoms with Gasteiger partial charge in [0.25, 0.3) is 7.82 Å². The molecule has 3 unspecified atom stereocenters. The molecule has 478 valence electrons. The Morgan fingerprint density at radius 3 is 1.11 bits per heavy atom. The van der Waals surface area contributed by atoms with Gasteiger partial charge in [-0.3, -0.25) is 9.36 Å². The summed E-state index contributed by atoms with van der Waals surface area (Å²) in [6, 6.07) is -0.922. The zero-order valence-corrected chi connectivity index (χ0v) is 55.4. The molecule has 0 aliphatic heterocycles. The van der Waals surface area contributed by atoms with Gasteiger partial charge in [-0.05, 0) is 116 Å². The second kappa shape index (κ2) is 63.6. The lowest BCUT2D eigenvalue weighted by Gasteiger charge is -2.29. The SMILES string of the molecule is CC/C=C\C/C=C\C/C=C\C/C=C\C/C=C\C/C=C\C/C=C\C/C=C\C/C=C\C/C=C\C/C=C\CCCCCCCCCC(=O)NC(COP(=O)([O-])OCC[N+](C)(C)C)C(O)/C=C/CC/C=C/CCCCCCCCCCCCCCCCC. The second-order valence-electron chi connectivity index (χ2n) is 23.4. The van der Waals surface area contributed by atoms with Gasteiger partial charge in [0.1, 0.15) is 13.2 Å². The van der Waals surface area contributed by atoms with Gasteiger partial charge in [-0.25, -0.2) is 0 Å². The smallest absolute Gasteiger partial charge is 0.268 e. The van der Waals surface area contributed by atoms with Gasteiger partial charge in [0.05, 0.1) is 39.9 Å². The Bertz CT molecular complexity index is 1930. The van der Waals surface area contributed by atoms with Crippen molar-refractivity contribution in [1.82, 2.24) is 5.32 Å². The highest BCUT2D eigenvalue weighted by molar-refractivity contribution is 7.45. The van der Waals surface area contributed by atoms with Crippen molar-refractivity contribution in [1.29, 1.82) is 0 Å². The van der Waals surface area contributed by atoms with Crippen LogP contribution in [0.3, 0.4) is 0 Å². The molecule has 0 saturated carbocycles. The first-order chi connectivity index (χ1) is 41.0. The van der Waals surface area contributed by atoms with Crippen molar-refractivity contribution >= 4 is 13.7 Å². The van der Waals surface area contributed by atoms with Gasteiger partial charge >= 0.3 is 0 Å². The number of phosphoric ester groups is 1. The Kier molecular flexibility index (Phi) is 60.7. The monoisotopic (exact) mass is 1180 g/mol. The molecule has 0 aliphatic carbocycles. The molecule has 9 heteroatoms. The van der Waals surface area contributed by atoms with E-state index in [9.17, 15) is 19.4 Å². The number of aliphatic hydroxyl groups excluding tert-OH is 1. The van der Waals surface area contributed by atoms with Crippen molar-refractivity contribution in [2.75, 3.05) is 40.9 Å². The van der Waals surface area contributed by atoms with Crippen molar-refractivity contribution in [3.8, 4) is 0 Å². The fraction of sp³-hybridized carbons (Fsp3) is 0.640. The summed E-state index contributed by atoms with van der Waals surface area (Å²) in [6.07, 6.45) is 99.2. The van der Waals surface area contributed by atoms with E-state index in [1.807, 2.05) is 27.2 Å². The van der Waals surface area contributed by atoms with E-state index in [2.05, 4.69) is 165 Å².